The Morgan fingerprint density at radius 3 is 2.44 bits per heavy atom. The highest BCUT2D eigenvalue weighted by molar-refractivity contribution is 6.30. The molecule has 1 atom stereocenters. The molecule has 0 saturated heterocycles. The van der Waals surface area contributed by atoms with Crippen molar-refractivity contribution >= 4 is 35.1 Å². The average Bonchev–Trinajstić information content (AvgIpc) is 2.38. The highest BCUT2D eigenvalue weighted by atomic mass is 35.5. The molecule has 0 fully saturated rings. The molecular weight excluding hydrogens is 277 g/mol. The van der Waals surface area contributed by atoms with Gasteiger partial charge in [-0.2, -0.15) is 0 Å². The topological polar surface area (TPSA) is 55.4 Å². The molecule has 0 aliphatic heterocycles. The van der Waals surface area contributed by atoms with Crippen LogP contribution < -0.4 is 5.32 Å². The number of amides is 1. The summed E-state index contributed by atoms with van der Waals surface area (Å²) in [6.07, 6.45) is 0.0424. The molecule has 0 aromatic heterocycles. The van der Waals surface area contributed by atoms with Gasteiger partial charge in [-0.15, -0.1) is 11.6 Å². The zero-order chi connectivity index (χ0) is 13.5. The SMILES string of the molecule is COC(=O)C[C@H](NC(=O)CCl)c1ccc(Cl)cc1. The highest BCUT2D eigenvalue weighted by Crippen LogP contribution is 2.20. The van der Waals surface area contributed by atoms with Crippen molar-refractivity contribution in [3.05, 3.63) is 34.9 Å². The molecule has 18 heavy (non-hydrogen) atoms. The number of carbonyl (C=O) groups excluding carboxylic acids is 2. The second kappa shape index (κ2) is 7.24. The van der Waals surface area contributed by atoms with Crippen molar-refractivity contribution in [1.82, 2.24) is 5.32 Å². The van der Waals surface area contributed by atoms with E-state index in [0.717, 1.165) is 5.56 Å². The summed E-state index contributed by atoms with van der Waals surface area (Å²) in [5.41, 5.74) is 0.767. The maximum atomic E-state index is 11.3. The van der Waals surface area contributed by atoms with Gasteiger partial charge in [-0.1, -0.05) is 23.7 Å². The average molecular weight is 290 g/mol. The molecular formula is C12H13Cl2NO3. The molecule has 1 N–H and O–H groups in total. The van der Waals surface area contributed by atoms with E-state index in [1.54, 1.807) is 24.3 Å². The van der Waals surface area contributed by atoms with Crippen LogP contribution in [-0.4, -0.2) is 24.9 Å². The van der Waals surface area contributed by atoms with Gasteiger partial charge < -0.3 is 10.1 Å². The van der Waals surface area contributed by atoms with Crippen LogP contribution in [0.2, 0.25) is 5.02 Å². The minimum absolute atomic E-state index is 0.0424. The minimum atomic E-state index is -0.471. The zero-order valence-corrected chi connectivity index (χ0v) is 11.3. The van der Waals surface area contributed by atoms with Crippen molar-refractivity contribution in [2.75, 3.05) is 13.0 Å². The van der Waals surface area contributed by atoms with Gasteiger partial charge in [0.25, 0.3) is 0 Å². The molecule has 1 amide bonds. The Labute approximate surface area is 115 Å². The van der Waals surface area contributed by atoms with Gasteiger partial charge in [0.05, 0.1) is 19.6 Å². The molecule has 98 valence electrons. The Hall–Kier alpha value is -1.26. The molecule has 4 nitrogen and oxygen atoms in total. The second-order valence-electron chi connectivity index (χ2n) is 3.59. The lowest BCUT2D eigenvalue weighted by Crippen LogP contribution is -2.31. The van der Waals surface area contributed by atoms with Gasteiger partial charge in [-0.3, -0.25) is 9.59 Å². The van der Waals surface area contributed by atoms with Gasteiger partial charge in [0, 0.05) is 5.02 Å². The van der Waals surface area contributed by atoms with Crippen LogP contribution in [0.3, 0.4) is 0 Å². The van der Waals surface area contributed by atoms with Crippen molar-refractivity contribution in [3.63, 3.8) is 0 Å². The van der Waals surface area contributed by atoms with E-state index in [-0.39, 0.29) is 18.2 Å². The molecule has 0 saturated carbocycles. The number of nitrogens with one attached hydrogen (secondary N) is 1. The van der Waals surface area contributed by atoms with Gasteiger partial charge in [-0.05, 0) is 17.7 Å². The summed E-state index contributed by atoms with van der Waals surface area (Å²) in [5.74, 6) is -0.920. The van der Waals surface area contributed by atoms with Crippen LogP contribution in [0, 0.1) is 0 Å². The molecule has 0 aliphatic carbocycles. The third-order valence-electron chi connectivity index (χ3n) is 2.33. The van der Waals surface area contributed by atoms with Gasteiger partial charge in [0.2, 0.25) is 5.91 Å². The molecule has 1 rings (SSSR count). The van der Waals surface area contributed by atoms with Crippen molar-refractivity contribution < 1.29 is 14.3 Å². The summed E-state index contributed by atoms with van der Waals surface area (Å²) in [5, 5.41) is 3.24. The number of methoxy groups -OCH3 is 1. The predicted octanol–water partition coefficient (Wildman–Crippen LogP) is 2.30. The summed E-state index contributed by atoms with van der Waals surface area (Å²) in [7, 11) is 1.30. The van der Waals surface area contributed by atoms with Crippen molar-refractivity contribution in [1.29, 1.82) is 0 Å². The molecule has 0 aliphatic rings. The van der Waals surface area contributed by atoms with E-state index in [9.17, 15) is 9.59 Å². The predicted molar refractivity (Wildman–Crippen MR) is 69.7 cm³/mol. The molecule has 0 heterocycles. The van der Waals surface area contributed by atoms with Crippen LogP contribution in [0.25, 0.3) is 0 Å². The molecule has 6 heteroatoms. The fourth-order valence-corrected chi connectivity index (χ4v) is 1.63. The largest absolute Gasteiger partial charge is 0.469 e. The van der Waals surface area contributed by atoms with E-state index in [1.807, 2.05) is 0 Å². The molecule has 1 aromatic rings. The van der Waals surface area contributed by atoms with E-state index in [0.29, 0.717) is 5.02 Å². The first-order chi connectivity index (χ1) is 8.56. The Kier molecular flexibility index (Phi) is 5.95. The monoisotopic (exact) mass is 289 g/mol. The standard InChI is InChI=1S/C12H13Cl2NO3/c1-18-12(17)6-10(15-11(16)7-13)8-2-4-9(14)5-3-8/h2-5,10H,6-7H2,1H3,(H,15,16)/t10-/m0/s1. The minimum Gasteiger partial charge on any atom is -0.469 e. The number of hydrogen-bond donors (Lipinski definition) is 1. The normalized spacial score (nSPS) is 11.7. The Morgan fingerprint density at radius 1 is 1.33 bits per heavy atom. The van der Waals surface area contributed by atoms with E-state index in [4.69, 9.17) is 23.2 Å². The number of ether oxygens (including phenoxy) is 1. The smallest absolute Gasteiger partial charge is 0.307 e. The maximum absolute atomic E-state index is 11.3. The van der Waals surface area contributed by atoms with Crippen LogP contribution in [0.15, 0.2) is 24.3 Å². The highest BCUT2D eigenvalue weighted by Gasteiger charge is 2.18. The third-order valence-corrected chi connectivity index (χ3v) is 2.82. The summed E-state index contributed by atoms with van der Waals surface area (Å²) >= 11 is 11.2. The van der Waals surface area contributed by atoms with E-state index < -0.39 is 12.0 Å². The second-order valence-corrected chi connectivity index (χ2v) is 4.29. The van der Waals surface area contributed by atoms with E-state index in [2.05, 4.69) is 10.1 Å². The lowest BCUT2D eigenvalue weighted by molar-refractivity contribution is -0.141. The summed E-state index contributed by atoms with van der Waals surface area (Å²) < 4.78 is 4.59. The van der Waals surface area contributed by atoms with E-state index in [1.165, 1.54) is 7.11 Å². The van der Waals surface area contributed by atoms with Gasteiger partial charge in [0.1, 0.15) is 5.88 Å². The van der Waals surface area contributed by atoms with Gasteiger partial charge in [-0.25, -0.2) is 0 Å². The molecule has 0 spiro atoms. The van der Waals surface area contributed by atoms with Crippen LogP contribution in [0.4, 0.5) is 0 Å². The number of hydrogen-bond acceptors (Lipinski definition) is 3. The number of esters is 1. The molecule has 1 aromatic carbocycles. The summed E-state index contributed by atoms with van der Waals surface area (Å²) in [4.78, 5) is 22.6. The third kappa shape index (κ3) is 4.55. The van der Waals surface area contributed by atoms with Gasteiger partial charge in [0.15, 0.2) is 0 Å². The lowest BCUT2D eigenvalue weighted by Gasteiger charge is -2.17. The molecule has 0 radical (unpaired) electrons. The van der Waals surface area contributed by atoms with Crippen LogP contribution in [0.1, 0.15) is 18.0 Å². The fraction of sp³-hybridized carbons (Fsp3) is 0.333. The fourth-order valence-electron chi connectivity index (χ4n) is 1.43. The first kappa shape index (κ1) is 14.8. The van der Waals surface area contributed by atoms with Crippen molar-refractivity contribution in [2.45, 2.75) is 12.5 Å². The zero-order valence-electron chi connectivity index (χ0n) is 9.78. The number of benzene rings is 1. The first-order valence-corrected chi connectivity index (χ1v) is 6.15. The van der Waals surface area contributed by atoms with E-state index >= 15 is 0 Å². The number of carbonyl (C=O) groups is 2. The summed E-state index contributed by atoms with van der Waals surface area (Å²) in [6, 6.07) is 6.39. The summed E-state index contributed by atoms with van der Waals surface area (Å²) in [6.45, 7) is 0. The number of alkyl halides is 1. The number of rotatable bonds is 5. The molecule has 0 unspecified atom stereocenters. The number of halogens is 2. The van der Waals surface area contributed by atoms with Crippen molar-refractivity contribution in [2.24, 2.45) is 0 Å². The Bertz CT molecular complexity index is 402. The lowest BCUT2D eigenvalue weighted by atomic mass is 10.0. The first-order valence-electron chi connectivity index (χ1n) is 5.24. The maximum Gasteiger partial charge on any atom is 0.307 e. The van der Waals surface area contributed by atoms with Gasteiger partial charge >= 0.3 is 5.97 Å². The van der Waals surface area contributed by atoms with Crippen LogP contribution in [0.5, 0.6) is 0 Å². The Morgan fingerprint density at radius 2 is 1.94 bits per heavy atom. The van der Waals surface area contributed by atoms with Crippen molar-refractivity contribution in [3.8, 4) is 0 Å². The Balaban J connectivity index is 2.85. The van der Waals surface area contributed by atoms with Crippen LogP contribution in [-0.2, 0) is 14.3 Å². The van der Waals surface area contributed by atoms with Crippen LogP contribution >= 0.6 is 23.2 Å². The molecule has 0 bridgehead atoms. The quantitative estimate of drug-likeness (QED) is 0.668.